The van der Waals surface area contributed by atoms with E-state index in [9.17, 15) is 9.59 Å². The zero-order valence-electron chi connectivity index (χ0n) is 14.0. The summed E-state index contributed by atoms with van der Waals surface area (Å²) in [6, 6.07) is 18.7. The van der Waals surface area contributed by atoms with Gasteiger partial charge in [-0.05, 0) is 11.1 Å². The summed E-state index contributed by atoms with van der Waals surface area (Å²) in [5.41, 5.74) is 7.27. The van der Waals surface area contributed by atoms with Gasteiger partial charge < -0.3 is 15.2 Å². The van der Waals surface area contributed by atoms with Crippen LogP contribution in [-0.2, 0) is 27.5 Å². The summed E-state index contributed by atoms with van der Waals surface area (Å²) in [5, 5.41) is 0. The first-order chi connectivity index (χ1) is 12.2. The van der Waals surface area contributed by atoms with Crippen LogP contribution in [0, 0.1) is 0 Å². The van der Waals surface area contributed by atoms with E-state index in [4.69, 9.17) is 15.2 Å². The van der Waals surface area contributed by atoms with Gasteiger partial charge in [0, 0.05) is 13.1 Å². The zero-order chi connectivity index (χ0) is 17.9. The van der Waals surface area contributed by atoms with Crippen molar-refractivity contribution in [1.82, 2.24) is 4.90 Å². The third-order valence-electron chi connectivity index (χ3n) is 3.42. The van der Waals surface area contributed by atoms with Gasteiger partial charge in [-0.25, -0.2) is 4.79 Å². The molecule has 0 spiro atoms. The van der Waals surface area contributed by atoms with Crippen LogP contribution < -0.4 is 5.73 Å². The molecule has 0 unspecified atom stereocenters. The van der Waals surface area contributed by atoms with Crippen LogP contribution in [0.1, 0.15) is 11.1 Å². The number of hydrogen-bond acceptors (Lipinski definition) is 5. The molecule has 0 atom stereocenters. The van der Waals surface area contributed by atoms with Crippen molar-refractivity contribution in [2.75, 3.05) is 19.6 Å². The van der Waals surface area contributed by atoms with Crippen LogP contribution in [0.4, 0.5) is 4.79 Å². The Balaban J connectivity index is 1.81. The fourth-order valence-corrected chi connectivity index (χ4v) is 2.14. The van der Waals surface area contributed by atoms with Gasteiger partial charge in [0.15, 0.2) is 0 Å². The molecule has 25 heavy (non-hydrogen) atoms. The zero-order valence-corrected chi connectivity index (χ0v) is 14.0. The third-order valence-corrected chi connectivity index (χ3v) is 3.42. The normalized spacial score (nSPS) is 10.1. The lowest BCUT2D eigenvalue weighted by molar-refractivity contribution is -0.145. The van der Waals surface area contributed by atoms with Gasteiger partial charge in [-0.2, -0.15) is 0 Å². The molecule has 1 amide bonds. The molecule has 2 aromatic carbocycles. The molecule has 6 nitrogen and oxygen atoms in total. The molecule has 0 aliphatic heterocycles. The highest BCUT2D eigenvalue weighted by Crippen LogP contribution is 2.05. The van der Waals surface area contributed by atoms with E-state index in [1.807, 2.05) is 60.7 Å². The number of nitrogens with zero attached hydrogens (tertiary/aromatic N) is 1. The van der Waals surface area contributed by atoms with Crippen molar-refractivity contribution in [3.8, 4) is 0 Å². The highest BCUT2D eigenvalue weighted by Gasteiger charge is 2.19. The van der Waals surface area contributed by atoms with Crippen LogP contribution in [0.2, 0.25) is 0 Å². The molecule has 0 heterocycles. The predicted octanol–water partition coefficient (Wildman–Crippen LogP) is 2.33. The summed E-state index contributed by atoms with van der Waals surface area (Å²) < 4.78 is 10.4. The molecule has 0 saturated heterocycles. The molecule has 0 saturated carbocycles. The Bertz CT molecular complexity index is 662. The molecular weight excluding hydrogens is 320 g/mol. The Kier molecular flexibility index (Phi) is 7.46. The Labute approximate surface area is 147 Å². The average molecular weight is 342 g/mol. The molecule has 0 radical (unpaired) electrons. The molecule has 6 heteroatoms. The summed E-state index contributed by atoms with van der Waals surface area (Å²) in [6.07, 6.45) is -0.592. The van der Waals surface area contributed by atoms with E-state index in [2.05, 4.69) is 0 Å². The lowest BCUT2D eigenvalue weighted by atomic mass is 10.2. The van der Waals surface area contributed by atoms with E-state index < -0.39 is 12.1 Å². The molecule has 0 aliphatic rings. The van der Waals surface area contributed by atoms with Crippen molar-refractivity contribution in [3.63, 3.8) is 0 Å². The van der Waals surface area contributed by atoms with Crippen molar-refractivity contribution in [1.29, 1.82) is 0 Å². The van der Waals surface area contributed by atoms with E-state index in [0.717, 1.165) is 11.1 Å². The van der Waals surface area contributed by atoms with Gasteiger partial charge in [0.25, 0.3) is 0 Å². The maximum absolute atomic E-state index is 12.2. The second-order valence-corrected chi connectivity index (χ2v) is 5.40. The van der Waals surface area contributed by atoms with E-state index in [1.54, 1.807) is 0 Å². The van der Waals surface area contributed by atoms with Gasteiger partial charge >= 0.3 is 12.1 Å². The summed E-state index contributed by atoms with van der Waals surface area (Å²) in [6.45, 7) is 0.549. The van der Waals surface area contributed by atoms with Crippen LogP contribution in [0.5, 0.6) is 0 Å². The molecule has 0 fully saturated rings. The number of esters is 1. The van der Waals surface area contributed by atoms with Crippen molar-refractivity contribution < 1.29 is 19.1 Å². The molecule has 132 valence electrons. The minimum Gasteiger partial charge on any atom is -0.459 e. The quantitative estimate of drug-likeness (QED) is 0.745. The Morgan fingerprint density at radius 2 is 1.36 bits per heavy atom. The highest BCUT2D eigenvalue weighted by atomic mass is 16.6. The number of ether oxygens (including phenoxy) is 2. The number of carbonyl (C=O) groups excluding carboxylic acids is 2. The van der Waals surface area contributed by atoms with Crippen LogP contribution >= 0.6 is 0 Å². The first kappa shape index (κ1) is 18.5. The molecule has 0 bridgehead atoms. The van der Waals surface area contributed by atoms with Gasteiger partial charge in [0.2, 0.25) is 0 Å². The fourth-order valence-electron chi connectivity index (χ4n) is 2.14. The number of amides is 1. The Hall–Kier alpha value is -2.86. The Morgan fingerprint density at radius 1 is 0.840 bits per heavy atom. The minimum atomic E-state index is -0.592. The van der Waals surface area contributed by atoms with Crippen molar-refractivity contribution in [3.05, 3.63) is 71.8 Å². The maximum Gasteiger partial charge on any atom is 0.410 e. The van der Waals surface area contributed by atoms with E-state index >= 15 is 0 Å². The summed E-state index contributed by atoms with van der Waals surface area (Å²) in [5.74, 6) is -0.506. The monoisotopic (exact) mass is 342 g/mol. The maximum atomic E-state index is 12.2. The lowest BCUT2D eigenvalue weighted by Crippen LogP contribution is -2.40. The molecule has 0 aliphatic carbocycles. The van der Waals surface area contributed by atoms with Gasteiger partial charge in [-0.3, -0.25) is 9.69 Å². The summed E-state index contributed by atoms with van der Waals surface area (Å²) in [7, 11) is 0. The number of benzene rings is 2. The standard InChI is InChI=1S/C19H22N2O4/c20-11-12-21(19(23)25-15-17-9-5-2-6-10-17)13-18(22)24-14-16-7-3-1-4-8-16/h1-10H,11-15,20H2. The molecular formula is C19H22N2O4. The number of carbonyl (C=O) groups is 2. The van der Waals surface area contributed by atoms with Crippen LogP contribution in [-0.4, -0.2) is 36.6 Å². The largest absolute Gasteiger partial charge is 0.459 e. The first-order valence-electron chi connectivity index (χ1n) is 8.04. The second-order valence-electron chi connectivity index (χ2n) is 5.40. The highest BCUT2D eigenvalue weighted by molar-refractivity contribution is 5.78. The molecule has 0 aromatic heterocycles. The van der Waals surface area contributed by atoms with Gasteiger partial charge in [0.1, 0.15) is 19.8 Å². The van der Waals surface area contributed by atoms with E-state index in [-0.39, 0.29) is 32.8 Å². The van der Waals surface area contributed by atoms with Crippen molar-refractivity contribution in [2.45, 2.75) is 13.2 Å². The lowest BCUT2D eigenvalue weighted by Gasteiger charge is -2.20. The van der Waals surface area contributed by atoms with Crippen molar-refractivity contribution >= 4 is 12.1 Å². The predicted molar refractivity (Wildman–Crippen MR) is 93.5 cm³/mol. The SMILES string of the molecule is NCCN(CC(=O)OCc1ccccc1)C(=O)OCc1ccccc1. The fraction of sp³-hybridized carbons (Fsp3) is 0.263. The van der Waals surface area contributed by atoms with Crippen molar-refractivity contribution in [2.24, 2.45) is 5.73 Å². The van der Waals surface area contributed by atoms with Gasteiger partial charge in [-0.15, -0.1) is 0 Å². The van der Waals surface area contributed by atoms with Crippen LogP contribution in [0.3, 0.4) is 0 Å². The molecule has 2 N–H and O–H groups in total. The van der Waals surface area contributed by atoms with E-state index in [0.29, 0.717) is 0 Å². The number of hydrogen-bond donors (Lipinski definition) is 1. The second kappa shape index (κ2) is 10.1. The van der Waals surface area contributed by atoms with Gasteiger partial charge in [0.05, 0.1) is 0 Å². The van der Waals surface area contributed by atoms with Gasteiger partial charge in [-0.1, -0.05) is 60.7 Å². The first-order valence-corrected chi connectivity index (χ1v) is 8.04. The Morgan fingerprint density at radius 3 is 1.88 bits per heavy atom. The minimum absolute atomic E-state index is 0.139. The molecule has 2 rings (SSSR count). The van der Waals surface area contributed by atoms with Crippen LogP contribution in [0.25, 0.3) is 0 Å². The number of rotatable bonds is 8. The summed E-state index contributed by atoms with van der Waals surface area (Å²) in [4.78, 5) is 25.4. The van der Waals surface area contributed by atoms with Crippen LogP contribution in [0.15, 0.2) is 60.7 Å². The third kappa shape index (κ3) is 6.64. The molecule has 2 aromatic rings. The topological polar surface area (TPSA) is 81.9 Å². The van der Waals surface area contributed by atoms with E-state index in [1.165, 1.54) is 4.90 Å². The number of nitrogens with two attached hydrogens (primary N) is 1. The smallest absolute Gasteiger partial charge is 0.410 e. The average Bonchev–Trinajstić information content (AvgIpc) is 2.66. The summed E-state index contributed by atoms with van der Waals surface area (Å²) >= 11 is 0.